The molecule has 1 aromatic carbocycles. The second kappa shape index (κ2) is 10.8. The highest BCUT2D eigenvalue weighted by Gasteiger charge is 2.47. The van der Waals surface area contributed by atoms with E-state index in [1.54, 1.807) is 16.7 Å². The van der Waals surface area contributed by atoms with E-state index < -0.39 is 23.8 Å². The van der Waals surface area contributed by atoms with Gasteiger partial charge in [0.15, 0.2) is 6.04 Å². The van der Waals surface area contributed by atoms with Crippen molar-refractivity contribution in [1.29, 1.82) is 0 Å². The van der Waals surface area contributed by atoms with E-state index in [1.807, 2.05) is 56.2 Å². The first kappa shape index (κ1) is 25.2. The first-order chi connectivity index (χ1) is 16.2. The number of thioether (sulfide) groups is 1. The van der Waals surface area contributed by atoms with Crippen molar-refractivity contribution >= 4 is 23.8 Å². The largest absolute Gasteiger partial charge is 0.488 e. The van der Waals surface area contributed by atoms with Crippen LogP contribution in [0.25, 0.3) is 0 Å². The fraction of sp³-hybridized carbons (Fsp3) is 0.692. The van der Waals surface area contributed by atoms with Crippen LogP contribution < -0.4 is 4.74 Å². The Morgan fingerprint density at radius 3 is 2.29 bits per heavy atom. The molecule has 3 aliphatic rings. The summed E-state index contributed by atoms with van der Waals surface area (Å²) in [7, 11) is 0. The number of hydrogen-bond donors (Lipinski definition) is 0. The molecule has 7 nitrogen and oxygen atoms in total. The Morgan fingerprint density at radius 2 is 1.68 bits per heavy atom. The Labute approximate surface area is 208 Å². The highest BCUT2D eigenvalue weighted by molar-refractivity contribution is 7.98. The van der Waals surface area contributed by atoms with Crippen LogP contribution in [0.1, 0.15) is 52.9 Å². The van der Waals surface area contributed by atoms with Gasteiger partial charge in [-0.05, 0) is 70.6 Å². The Bertz CT molecular complexity index is 853. The zero-order valence-electron chi connectivity index (χ0n) is 21.0. The molecule has 4 rings (SSSR count). The monoisotopic (exact) mass is 489 g/mol. The summed E-state index contributed by atoms with van der Waals surface area (Å²) < 4.78 is 12.0. The number of ether oxygens (including phenoxy) is 2. The first-order valence-corrected chi connectivity index (χ1v) is 13.8. The molecule has 0 spiro atoms. The number of likely N-dealkylation sites (tertiary alicyclic amines) is 1. The van der Waals surface area contributed by atoms with Crippen molar-refractivity contribution in [1.82, 2.24) is 14.7 Å². The fourth-order valence-electron chi connectivity index (χ4n) is 5.00. The van der Waals surface area contributed by atoms with Gasteiger partial charge in [-0.2, -0.15) is 0 Å². The summed E-state index contributed by atoms with van der Waals surface area (Å²) in [4.78, 5) is 34.2. The molecular formula is C26H39N3O4S. The van der Waals surface area contributed by atoms with Gasteiger partial charge in [-0.25, -0.2) is 4.79 Å². The predicted octanol–water partition coefficient (Wildman–Crippen LogP) is 4.25. The summed E-state index contributed by atoms with van der Waals surface area (Å²) in [6.07, 6.45) is 6.61. The standard InChI is InChI=1S/C26H39N3O4S/c1-26(2,3)33-25(31)29-16-13-22(32-20-9-11-21(34-4)12-10-20)23(29)24(30)28-15-6-14-27(17-18-28)19-7-5-8-19/h9-12,19,22-23H,5-8,13-18H2,1-4H3/t22-,23+/m1/s1. The van der Waals surface area contributed by atoms with Crippen LogP contribution in [0, 0.1) is 0 Å². The van der Waals surface area contributed by atoms with Gasteiger partial charge in [-0.1, -0.05) is 6.42 Å². The number of carbonyl (C=O) groups is 2. The van der Waals surface area contributed by atoms with Gasteiger partial charge in [0.25, 0.3) is 0 Å². The zero-order chi connectivity index (χ0) is 24.3. The number of benzene rings is 1. The van der Waals surface area contributed by atoms with Crippen molar-refractivity contribution in [2.24, 2.45) is 0 Å². The summed E-state index contributed by atoms with van der Waals surface area (Å²) in [5, 5.41) is 0. The van der Waals surface area contributed by atoms with Gasteiger partial charge in [-0.15, -0.1) is 11.8 Å². The normalized spacial score (nSPS) is 24.5. The third kappa shape index (κ3) is 6.00. The number of amides is 2. The quantitative estimate of drug-likeness (QED) is 0.576. The van der Waals surface area contributed by atoms with E-state index in [0.29, 0.717) is 25.6 Å². The Hall–Kier alpha value is -1.93. The predicted molar refractivity (Wildman–Crippen MR) is 134 cm³/mol. The second-order valence-electron chi connectivity index (χ2n) is 10.5. The van der Waals surface area contributed by atoms with Crippen LogP contribution in [0.3, 0.4) is 0 Å². The van der Waals surface area contributed by atoms with Crippen LogP contribution in [0.4, 0.5) is 4.79 Å². The molecule has 1 aliphatic carbocycles. The lowest BCUT2D eigenvalue weighted by Crippen LogP contribution is -2.54. The third-order valence-electron chi connectivity index (χ3n) is 7.00. The molecule has 0 unspecified atom stereocenters. The first-order valence-electron chi connectivity index (χ1n) is 12.6. The van der Waals surface area contributed by atoms with Gasteiger partial charge in [0.1, 0.15) is 17.5 Å². The van der Waals surface area contributed by atoms with Crippen molar-refractivity contribution in [3.05, 3.63) is 24.3 Å². The number of rotatable bonds is 5. The lowest BCUT2D eigenvalue weighted by atomic mass is 9.91. The fourth-order valence-corrected chi connectivity index (χ4v) is 5.40. The molecule has 2 amide bonds. The molecular weight excluding hydrogens is 450 g/mol. The molecule has 2 heterocycles. The maximum absolute atomic E-state index is 13.9. The number of nitrogens with zero attached hydrogens (tertiary/aromatic N) is 3. The maximum Gasteiger partial charge on any atom is 0.411 e. The van der Waals surface area contributed by atoms with Gasteiger partial charge in [-0.3, -0.25) is 14.6 Å². The van der Waals surface area contributed by atoms with E-state index in [9.17, 15) is 9.59 Å². The van der Waals surface area contributed by atoms with Crippen molar-refractivity contribution in [2.45, 2.75) is 81.6 Å². The van der Waals surface area contributed by atoms with Crippen molar-refractivity contribution in [2.75, 3.05) is 39.0 Å². The molecule has 2 atom stereocenters. The average Bonchev–Trinajstić information content (AvgIpc) is 3.02. The van der Waals surface area contributed by atoms with Gasteiger partial charge in [0, 0.05) is 50.1 Å². The number of carbonyl (C=O) groups excluding carboxylic acids is 2. The van der Waals surface area contributed by atoms with Crippen molar-refractivity contribution < 1.29 is 19.1 Å². The summed E-state index contributed by atoms with van der Waals surface area (Å²) in [6.45, 7) is 9.35. The van der Waals surface area contributed by atoms with E-state index in [-0.39, 0.29) is 5.91 Å². The summed E-state index contributed by atoms with van der Waals surface area (Å²) in [6, 6.07) is 7.91. The van der Waals surface area contributed by atoms with Gasteiger partial charge in [0.05, 0.1) is 0 Å². The highest BCUT2D eigenvalue weighted by Crippen LogP contribution is 2.30. The average molecular weight is 490 g/mol. The molecule has 8 heteroatoms. The van der Waals surface area contributed by atoms with Gasteiger partial charge >= 0.3 is 6.09 Å². The van der Waals surface area contributed by atoms with Crippen LogP contribution in [0.15, 0.2) is 29.2 Å². The highest BCUT2D eigenvalue weighted by atomic mass is 32.2. The molecule has 2 saturated heterocycles. The minimum atomic E-state index is -0.676. The van der Waals surface area contributed by atoms with E-state index in [0.717, 1.165) is 36.7 Å². The second-order valence-corrected chi connectivity index (χ2v) is 11.4. The van der Waals surface area contributed by atoms with Crippen LogP contribution in [0.5, 0.6) is 5.75 Å². The summed E-state index contributed by atoms with van der Waals surface area (Å²) >= 11 is 1.67. The topological polar surface area (TPSA) is 62.3 Å². The lowest BCUT2D eigenvalue weighted by Gasteiger charge is -2.37. The van der Waals surface area contributed by atoms with E-state index in [2.05, 4.69) is 4.90 Å². The molecule has 0 aromatic heterocycles. The molecule has 0 bridgehead atoms. The Balaban J connectivity index is 1.50. The molecule has 2 aliphatic heterocycles. The smallest absolute Gasteiger partial charge is 0.411 e. The van der Waals surface area contributed by atoms with E-state index in [1.165, 1.54) is 19.3 Å². The molecule has 34 heavy (non-hydrogen) atoms. The van der Waals surface area contributed by atoms with E-state index >= 15 is 0 Å². The van der Waals surface area contributed by atoms with Crippen LogP contribution in [-0.2, 0) is 9.53 Å². The Morgan fingerprint density at radius 1 is 0.941 bits per heavy atom. The third-order valence-corrected chi connectivity index (χ3v) is 7.75. The molecule has 1 aromatic rings. The van der Waals surface area contributed by atoms with Crippen LogP contribution >= 0.6 is 11.8 Å². The SMILES string of the molecule is CSc1ccc(O[C@@H]2CCN(C(=O)OC(C)(C)C)[C@@H]2C(=O)N2CCCN(C3CCC3)CC2)cc1. The van der Waals surface area contributed by atoms with Gasteiger partial charge in [0.2, 0.25) is 5.91 Å². The molecule has 1 saturated carbocycles. The Kier molecular flexibility index (Phi) is 7.97. The van der Waals surface area contributed by atoms with Crippen molar-refractivity contribution in [3.8, 4) is 5.75 Å². The zero-order valence-corrected chi connectivity index (χ0v) is 21.8. The van der Waals surface area contributed by atoms with E-state index in [4.69, 9.17) is 9.47 Å². The van der Waals surface area contributed by atoms with Crippen molar-refractivity contribution in [3.63, 3.8) is 0 Å². The molecule has 0 N–H and O–H groups in total. The summed E-state index contributed by atoms with van der Waals surface area (Å²) in [5.74, 6) is 0.697. The maximum atomic E-state index is 13.9. The molecule has 188 valence electrons. The van der Waals surface area contributed by atoms with Gasteiger partial charge < -0.3 is 14.4 Å². The van der Waals surface area contributed by atoms with Crippen LogP contribution in [-0.4, -0.2) is 89.5 Å². The molecule has 3 fully saturated rings. The minimum absolute atomic E-state index is 0.0236. The van der Waals surface area contributed by atoms with Crippen LogP contribution in [0.2, 0.25) is 0 Å². The molecule has 0 radical (unpaired) electrons. The lowest BCUT2D eigenvalue weighted by molar-refractivity contribution is -0.138. The summed E-state index contributed by atoms with van der Waals surface area (Å²) in [5.41, 5.74) is -0.622. The number of hydrogen-bond acceptors (Lipinski definition) is 6. The minimum Gasteiger partial charge on any atom is -0.488 e.